The van der Waals surface area contributed by atoms with E-state index < -0.39 is 0 Å². The zero-order valence-corrected chi connectivity index (χ0v) is 16.7. The van der Waals surface area contributed by atoms with Gasteiger partial charge in [0, 0.05) is 23.3 Å². The van der Waals surface area contributed by atoms with E-state index in [4.69, 9.17) is 14.2 Å². The fraction of sp³-hybridized carbons (Fsp3) is 0.588. The lowest BCUT2D eigenvalue weighted by atomic mass is 10.1. The van der Waals surface area contributed by atoms with Gasteiger partial charge in [-0.15, -0.1) is 0 Å². The van der Waals surface area contributed by atoms with Crippen LogP contribution in [0.25, 0.3) is 0 Å². The van der Waals surface area contributed by atoms with Gasteiger partial charge in [-0.2, -0.15) is 0 Å². The minimum Gasteiger partial charge on any atom is -0.493 e. The number of amides is 1. The van der Waals surface area contributed by atoms with Crippen LogP contribution in [0.2, 0.25) is 0 Å². The zero-order chi connectivity index (χ0) is 17.4. The minimum atomic E-state index is 0.00102. The number of hydrogen-bond donors (Lipinski definition) is 0. The molecule has 0 radical (unpaired) electrons. The number of rotatable bonds is 9. The van der Waals surface area contributed by atoms with Gasteiger partial charge in [-0.05, 0) is 47.6 Å². The molecule has 1 aromatic carbocycles. The van der Waals surface area contributed by atoms with Gasteiger partial charge in [-0.3, -0.25) is 4.79 Å². The molecule has 0 heterocycles. The molecule has 0 fully saturated rings. The Kier molecular flexibility index (Phi) is 8.68. The monoisotopic (exact) mass is 435 g/mol. The molecule has 0 saturated carbocycles. The highest BCUT2D eigenvalue weighted by atomic mass is 127. The molecule has 0 atom stereocenters. The Balaban J connectivity index is 3.21. The molecule has 0 aromatic heterocycles. The molecule has 0 aliphatic rings. The number of benzene rings is 1. The lowest BCUT2D eigenvalue weighted by Gasteiger charge is -2.31. The summed E-state index contributed by atoms with van der Waals surface area (Å²) in [6.07, 6.45) is 1.83. The predicted molar refractivity (Wildman–Crippen MR) is 99.5 cm³/mol. The summed E-state index contributed by atoms with van der Waals surface area (Å²) < 4.78 is 16.6. The first-order chi connectivity index (χ1) is 11.0. The van der Waals surface area contributed by atoms with E-state index in [2.05, 4.69) is 36.4 Å². The third-order valence-electron chi connectivity index (χ3n) is 3.88. The lowest BCUT2D eigenvalue weighted by molar-refractivity contribution is 0.0588. The van der Waals surface area contributed by atoms with Crippen LogP contribution >= 0.6 is 22.6 Å². The van der Waals surface area contributed by atoms with E-state index in [1.165, 1.54) is 0 Å². The largest absolute Gasteiger partial charge is 0.493 e. The fourth-order valence-electron chi connectivity index (χ4n) is 2.54. The Bertz CT molecular complexity index is 518. The maximum absolute atomic E-state index is 13.1. The normalized spacial score (nSPS) is 10.7. The molecule has 6 heteroatoms. The van der Waals surface area contributed by atoms with Crippen LogP contribution in [0.1, 0.15) is 37.0 Å². The van der Waals surface area contributed by atoms with E-state index in [0.29, 0.717) is 30.2 Å². The van der Waals surface area contributed by atoms with Gasteiger partial charge in [0.05, 0.1) is 26.4 Å². The Labute approximate surface area is 152 Å². The van der Waals surface area contributed by atoms with Gasteiger partial charge in [-0.1, -0.05) is 13.8 Å². The second-order valence-corrected chi connectivity index (χ2v) is 6.31. The van der Waals surface area contributed by atoms with Crippen LogP contribution in [0.5, 0.6) is 11.5 Å². The van der Waals surface area contributed by atoms with Crippen molar-refractivity contribution in [1.29, 1.82) is 0 Å². The topological polar surface area (TPSA) is 48.0 Å². The van der Waals surface area contributed by atoms with Crippen molar-refractivity contribution in [3.63, 3.8) is 0 Å². The molecule has 0 unspecified atom stereocenters. The number of nitrogens with zero attached hydrogens (tertiary/aromatic N) is 1. The van der Waals surface area contributed by atoms with Crippen molar-refractivity contribution in [2.24, 2.45) is 0 Å². The maximum atomic E-state index is 13.1. The molecule has 0 saturated heterocycles. The molecule has 0 spiro atoms. The molecule has 1 aromatic rings. The fourth-order valence-corrected chi connectivity index (χ4v) is 3.21. The third-order valence-corrected chi connectivity index (χ3v) is 4.78. The van der Waals surface area contributed by atoms with Gasteiger partial charge in [0.2, 0.25) is 0 Å². The molecule has 1 rings (SSSR count). The number of hydrogen-bond acceptors (Lipinski definition) is 4. The second-order valence-electron chi connectivity index (χ2n) is 5.15. The average molecular weight is 435 g/mol. The minimum absolute atomic E-state index is 0.00102. The number of carbonyl (C=O) groups excluding carboxylic acids is 1. The first-order valence-corrected chi connectivity index (χ1v) is 8.83. The van der Waals surface area contributed by atoms with E-state index in [1.807, 2.05) is 11.0 Å². The number of methoxy groups -OCH3 is 3. The summed E-state index contributed by atoms with van der Waals surface area (Å²) in [5.41, 5.74) is 0.631. The zero-order valence-electron chi connectivity index (χ0n) is 14.5. The molecule has 130 valence electrons. The molecular formula is C17H26INO4. The third kappa shape index (κ3) is 4.97. The standard InChI is InChI=1S/C17H26INO4/c1-6-12(7-2)19(8-9-21-3)17(20)13-10-15(22-4)16(23-5)11-14(13)18/h10-12H,6-9H2,1-5H3. The summed E-state index contributed by atoms with van der Waals surface area (Å²) in [4.78, 5) is 15.0. The SMILES string of the molecule is CCC(CC)N(CCOC)C(=O)c1cc(OC)c(OC)cc1I. The number of carbonyl (C=O) groups is 1. The lowest BCUT2D eigenvalue weighted by Crippen LogP contribution is -2.42. The highest BCUT2D eigenvalue weighted by Gasteiger charge is 2.25. The Morgan fingerprint density at radius 1 is 1.13 bits per heavy atom. The second kappa shape index (κ2) is 9.97. The van der Waals surface area contributed by atoms with Crippen molar-refractivity contribution >= 4 is 28.5 Å². The first-order valence-electron chi connectivity index (χ1n) is 7.75. The van der Waals surface area contributed by atoms with Gasteiger partial charge < -0.3 is 19.1 Å². The van der Waals surface area contributed by atoms with E-state index >= 15 is 0 Å². The van der Waals surface area contributed by atoms with E-state index in [0.717, 1.165) is 16.4 Å². The van der Waals surface area contributed by atoms with Crippen LogP contribution in [0.4, 0.5) is 0 Å². The quantitative estimate of drug-likeness (QED) is 0.557. The van der Waals surface area contributed by atoms with Crippen LogP contribution in [0.3, 0.4) is 0 Å². The molecule has 1 amide bonds. The summed E-state index contributed by atoms with van der Waals surface area (Å²) in [5.74, 6) is 1.19. The molecule has 23 heavy (non-hydrogen) atoms. The molecule has 0 aliphatic carbocycles. The van der Waals surface area contributed by atoms with Gasteiger partial charge in [0.1, 0.15) is 0 Å². The van der Waals surface area contributed by atoms with E-state index in [1.54, 1.807) is 27.4 Å². The van der Waals surface area contributed by atoms with Crippen molar-refractivity contribution < 1.29 is 19.0 Å². The molecule has 0 bridgehead atoms. The number of halogens is 1. The Hall–Kier alpha value is -1.02. The molecule has 0 aliphatic heterocycles. The van der Waals surface area contributed by atoms with E-state index in [9.17, 15) is 4.79 Å². The Morgan fingerprint density at radius 3 is 2.17 bits per heavy atom. The summed E-state index contributed by atoms with van der Waals surface area (Å²) in [6.45, 7) is 5.29. The van der Waals surface area contributed by atoms with Crippen LogP contribution < -0.4 is 9.47 Å². The summed E-state index contributed by atoms with van der Waals surface area (Å²) in [7, 11) is 4.81. The van der Waals surface area contributed by atoms with Crippen LogP contribution in [0, 0.1) is 3.57 Å². The van der Waals surface area contributed by atoms with Gasteiger partial charge in [-0.25, -0.2) is 0 Å². The van der Waals surface area contributed by atoms with Crippen molar-refractivity contribution in [2.75, 3.05) is 34.5 Å². The molecule has 0 N–H and O–H groups in total. The van der Waals surface area contributed by atoms with Gasteiger partial charge in [0.15, 0.2) is 11.5 Å². The highest BCUT2D eigenvalue weighted by Crippen LogP contribution is 2.32. The summed E-state index contributed by atoms with van der Waals surface area (Å²) in [6, 6.07) is 3.78. The summed E-state index contributed by atoms with van der Waals surface area (Å²) in [5, 5.41) is 0. The maximum Gasteiger partial charge on any atom is 0.255 e. The van der Waals surface area contributed by atoms with Crippen molar-refractivity contribution in [3.05, 3.63) is 21.3 Å². The average Bonchev–Trinajstić information content (AvgIpc) is 2.57. The molecular weight excluding hydrogens is 409 g/mol. The first kappa shape index (κ1) is 20.0. The highest BCUT2D eigenvalue weighted by molar-refractivity contribution is 14.1. The van der Waals surface area contributed by atoms with E-state index in [-0.39, 0.29) is 11.9 Å². The van der Waals surface area contributed by atoms with Crippen molar-refractivity contribution in [2.45, 2.75) is 32.7 Å². The van der Waals surface area contributed by atoms with Crippen LogP contribution in [-0.2, 0) is 4.74 Å². The van der Waals surface area contributed by atoms with Crippen molar-refractivity contribution in [3.8, 4) is 11.5 Å². The molecule has 5 nitrogen and oxygen atoms in total. The smallest absolute Gasteiger partial charge is 0.255 e. The predicted octanol–water partition coefficient (Wildman–Crippen LogP) is 3.59. The van der Waals surface area contributed by atoms with Crippen molar-refractivity contribution in [1.82, 2.24) is 4.90 Å². The number of ether oxygens (including phenoxy) is 3. The van der Waals surface area contributed by atoms with Gasteiger partial charge >= 0.3 is 0 Å². The van der Waals surface area contributed by atoms with Gasteiger partial charge in [0.25, 0.3) is 5.91 Å². The van der Waals surface area contributed by atoms with Crippen LogP contribution in [-0.4, -0.2) is 51.3 Å². The summed E-state index contributed by atoms with van der Waals surface area (Å²) >= 11 is 2.16. The van der Waals surface area contributed by atoms with Crippen LogP contribution in [0.15, 0.2) is 12.1 Å². The Morgan fingerprint density at radius 2 is 1.70 bits per heavy atom.